The maximum Gasteiger partial charge on any atom is 0.277 e. The van der Waals surface area contributed by atoms with Gasteiger partial charge in [-0.05, 0) is 55.5 Å². The summed E-state index contributed by atoms with van der Waals surface area (Å²) in [5.74, 6) is 0.183. The molecule has 4 rings (SSSR count). The molecule has 1 aromatic carbocycles. The van der Waals surface area contributed by atoms with Crippen LogP contribution in [0.25, 0.3) is 10.8 Å². The average molecular weight is 479 g/mol. The highest BCUT2D eigenvalue weighted by atomic mass is 32.2. The number of piperidine rings is 1. The first-order valence-electron chi connectivity index (χ1n) is 9.88. The van der Waals surface area contributed by atoms with E-state index in [0.717, 1.165) is 35.9 Å². The van der Waals surface area contributed by atoms with Crippen molar-refractivity contribution in [2.75, 3.05) is 18.4 Å². The van der Waals surface area contributed by atoms with Crippen molar-refractivity contribution in [3.05, 3.63) is 41.8 Å². The zero-order valence-corrected chi connectivity index (χ0v) is 19.3. The Bertz CT molecular complexity index is 1120. The van der Waals surface area contributed by atoms with E-state index in [2.05, 4.69) is 15.5 Å². The Balaban J connectivity index is 1.36. The quantitative estimate of drug-likeness (QED) is 0.510. The molecule has 1 aliphatic heterocycles. The monoisotopic (exact) mass is 478 g/mol. The zero-order valence-electron chi connectivity index (χ0n) is 16.9. The summed E-state index contributed by atoms with van der Waals surface area (Å²) in [5, 5.41) is 12.5. The van der Waals surface area contributed by atoms with Crippen molar-refractivity contribution < 1.29 is 17.6 Å². The van der Waals surface area contributed by atoms with E-state index in [1.165, 1.54) is 27.8 Å². The van der Waals surface area contributed by atoms with E-state index in [1.54, 1.807) is 19.1 Å². The van der Waals surface area contributed by atoms with Crippen molar-refractivity contribution in [1.29, 1.82) is 0 Å². The molecule has 1 atom stereocenters. The summed E-state index contributed by atoms with van der Waals surface area (Å²) in [4.78, 5) is 13.6. The maximum absolute atomic E-state index is 12.7. The fraction of sp³-hybridized carbons (Fsp3) is 0.350. The number of nitrogens with zero attached hydrogens (tertiary/aromatic N) is 3. The van der Waals surface area contributed by atoms with Gasteiger partial charge in [0.25, 0.3) is 11.1 Å². The molecule has 0 bridgehead atoms. The Labute approximate surface area is 189 Å². The van der Waals surface area contributed by atoms with E-state index in [1.807, 2.05) is 17.5 Å². The van der Waals surface area contributed by atoms with Gasteiger partial charge in [0.15, 0.2) is 0 Å². The molecule has 11 heteroatoms. The molecular weight excluding hydrogens is 456 g/mol. The van der Waals surface area contributed by atoms with Crippen LogP contribution in [0.4, 0.5) is 5.69 Å². The number of rotatable bonds is 7. The molecule has 31 heavy (non-hydrogen) atoms. The van der Waals surface area contributed by atoms with Crippen LogP contribution in [0, 0.1) is 0 Å². The number of carbonyl (C=O) groups excluding carboxylic acids is 1. The molecule has 3 aromatic rings. The molecule has 1 N–H and O–H groups in total. The van der Waals surface area contributed by atoms with Gasteiger partial charge in [0.2, 0.25) is 15.9 Å². The van der Waals surface area contributed by atoms with Crippen LogP contribution in [-0.4, -0.2) is 47.2 Å². The Morgan fingerprint density at radius 2 is 1.90 bits per heavy atom. The number of aromatic nitrogens is 2. The van der Waals surface area contributed by atoms with Crippen molar-refractivity contribution in [3.8, 4) is 10.8 Å². The second-order valence-electron chi connectivity index (χ2n) is 7.09. The van der Waals surface area contributed by atoms with E-state index in [0.29, 0.717) is 29.9 Å². The van der Waals surface area contributed by atoms with Gasteiger partial charge in [0.05, 0.1) is 15.0 Å². The van der Waals surface area contributed by atoms with E-state index in [4.69, 9.17) is 4.42 Å². The minimum Gasteiger partial charge on any atom is -0.410 e. The van der Waals surface area contributed by atoms with Gasteiger partial charge < -0.3 is 9.73 Å². The fourth-order valence-electron chi connectivity index (χ4n) is 3.17. The number of anilines is 1. The Morgan fingerprint density at radius 1 is 1.16 bits per heavy atom. The van der Waals surface area contributed by atoms with Gasteiger partial charge in [-0.3, -0.25) is 4.79 Å². The summed E-state index contributed by atoms with van der Waals surface area (Å²) in [6.07, 6.45) is 2.84. The van der Waals surface area contributed by atoms with Crippen LogP contribution in [0.15, 0.2) is 56.3 Å². The van der Waals surface area contributed by atoms with Gasteiger partial charge in [-0.1, -0.05) is 24.2 Å². The summed E-state index contributed by atoms with van der Waals surface area (Å²) < 4.78 is 32.6. The number of carbonyl (C=O) groups is 1. The lowest BCUT2D eigenvalue weighted by Crippen LogP contribution is -2.35. The van der Waals surface area contributed by atoms with Crippen LogP contribution in [0.2, 0.25) is 0 Å². The van der Waals surface area contributed by atoms with Crippen molar-refractivity contribution in [3.63, 3.8) is 0 Å². The normalized spacial score (nSPS) is 16.2. The summed E-state index contributed by atoms with van der Waals surface area (Å²) in [6.45, 7) is 2.85. The molecule has 0 spiro atoms. The highest BCUT2D eigenvalue weighted by molar-refractivity contribution is 8.00. The highest BCUT2D eigenvalue weighted by Crippen LogP contribution is 2.29. The molecule has 3 heterocycles. The smallest absolute Gasteiger partial charge is 0.277 e. The Morgan fingerprint density at radius 3 is 2.58 bits per heavy atom. The summed E-state index contributed by atoms with van der Waals surface area (Å²) >= 11 is 2.66. The van der Waals surface area contributed by atoms with Gasteiger partial charge in [-0.25, -0.2) is 8.42 Å². The minimum absolute atomic E-state index is 0.238. The van der Waals surface area contributed by atoms with Crippen molar-refractivity contribution in [2.45, 2.75) is 41.6 Å². The van der Waals surface area contributed by atoms with Crippen LogP contribution in [0.5, 0.6) is 0 Å². The number of sulfonamides is 1. The summed E-state index contributed by atoms with van der Waals surface area (Å²) in [7, 11) is -3.49. The number of nitrogens with one attached hydrogen (secondary N) is 1. The lowest BCUT2D eigenvalue weighted by molar-refractivity contribution is -0.115. The maximum atomic E-state index is 12.7. The molecule has 1 amide bonds. The first kappa shape index (κ1) is 22.0. The van der Waals surface area contributed by atoms with Crippen molar-refractivity contribution in [1.82, 2.24) is 14.5 Å². The number of thiophene rings is 1. The molecule has 0 saturated carbocycles. The minimum atomic E-state index is -3.49. The third kappa shape index (κ3) is 5.17. The van der Waals surface area contributed by atoms with Gasteiger partial charge in [0.1, 0.15) is 0 Å². The molecule has 1 fully saturated rings. The number of hydrogen-bond donors (Lipinski definition) is 1. The lowest BCUT2D eigenvalue weighted by Gasteiger charge is -2.25. The molecule has 0 radical (unpaired) electrons. The lowest BCUT2D eigenvalue weighted by atomic mass is 10.2. The van der Waals surface area contributed by atoms with Crippen molar-refractivity contribution >= 4 is 44.7 Å². The molecule has 164 valence electrons. The van der Waals surface area contributed by atoms with Crippen LogP contribution >= 0.6 is 23.1 Å². The van der Waals surface area contributed by atoms with E-state index < -0.39 is 15.3 Å². The molecule has 1 saturated heterocycles. The summed E-state index contributed by atoms with van der Waals surface area (Å²) in [6, 6.07) is 10.1. The predicted molar refractivity (Wildman–Crippen MR) is 121 cm³/mol. The molecule has 1 aliphatic rings. The predicted octanol–water partition coefficient (Wildman–Crippen LogP) is 4.09. The molecule has 1 unspecified atom stereocenters. The van der Waals surface area contributed by atoms with Crippen molar-refractivity contribution in [2.24, 2.45) is 0 Å². The summed E-state index contributed by atoms with van der Waals surface area (Å²) in [5.41, 5.74) is 0.528. The Hall–Kier alpha value is -2.21. The van der Waals surface area contributed by atoms with Gasteiger partial charge in [-0.2, -0.15) is 4.31 Å². The number of hydrogen-bond acceptors (Lipinski definition) is 8. The van der Waals surface area contributed by atoms with E-state index in [9.17, 15) is 13.2 Å². The number of benzene rings is 1. The fourth-order valence-corrected chi connectivity index (χ4v) is 6.02. The average Bonchev–Trinajstić information content (AvgIpc) is 3.47. The third-order valence-electron chi connectivity index (χ3n) is 4.86. The first-order valence-corrected chi connectivity index (χ1v) is 13.1. The van der Waals surface area contributed by atoms with E-state index >= 15 is 0 Å². The van der Waals surface area contributed by atoms with Gasteiger partial charge in [-0.15, -0.1) is 21.5 Å². The molecular formula is C20H22N4O4S3. The van der Waals surface area contributed by atoms with E-state index in [-0.39, 0.29) is 10.8 Å². The van der Waals surface area contributed by atoms with Crippen LogP contribution < -0.4 is 5.32 Å². The van der Waals surface area contributed by atoms with Crippen LogP contribution in [0.3, 0.4) is 0 Å². The van der Waals surface area contributed by atoms with Crippen LogP contribution in [0.1, 0.15) is 26.2 Å². The SMILES string of the molecule is CC(Sc1nnc(-c2cccs2)o1)C(=O)Nc1ccc(S(=O)(=O)N2CCCCC2)cc1. The standard InChI is InChI=1S/C20H22N4O4S3/c1-14(30-20-23-22-19(28-20)17-6-5-13-29-17)18(25)21-15-7-9-16(10-8-15)31(26,27)24-11-3-2-4-12-24/h5-10,13-14H,2-4,11-12H2,1H3,(H,21,25). The molecule has 8 nitrogen and oxygen atoms in total. The zero-order chi connectivity index (χ0) is 21.8. The third-order valence-corrected chi connectivity index (χ3v) is 8.56. The Kier molecular flexibility index (Phi) is 6.75. The first-order chi connectivity index (χ1) is 14.9. The van der Waals surface area contributed by atoms with Gasteiger partial charge in [0, 0.05) is 18.8 Å². The van der Waals surface area contributed by atoms with Gasteiger partial charge >= 0.3 is 0 Å². The van der Waals surface area contributed by atoms with Crippen LogP contribution in [-0.2, 0) is 14.8 Å². The second-order valence-corrected chi connectivity index (χ2v) is 11.3. The molecule has 2 aromatic heterocycles. The highest BCUT2D eigenvalue weighted by Gasteiger charge is 2.26. The number of thioether (sulfide) groups is 1. The topological polar surface area (TPSA) is 105 Å². The molecule has 0 aliphatic carbocycles. The second kappa shape index (κ2) is 9.51. The number of amides is 1. The largest absolute Gasteiger partial charge is 0.410 e.